The molecular weight excluding hydrogens is 348 g/mol. The summed E-state index contributed by atoms with van der Waals surface area (Å²) in [6.07, 6.45) is 2.52. The zero-order chi connectivity index (χ0) is 18.6. The Balaban J connectivity index is 2.39. The van der Waals surface area contributed by atoms with Crippen LogP contribution in [-0.4, -0.2) is 50.7 Å². The Hall–Kier alpha value is -1.42. The Bertz CT molecular complexity index is 654. The standard InChI is InChI=1S/C18H30N2O3Si2/c1-18(2,17(22-24-5)23-25-6)10-12-8-7-9-14-15(12)13(11-20(3)4)16(21)19-14/h7-9,11,17H,10,24-25H2,1-6H3,(H,19,21). The van der Waals surface area contributed by atoms with E-state index in [1.165, 1.54) is 0 Å². The van der Waals surface area contributed by atoms with Crippen LogP contribution in [0, 0.1) is 5.41 Å². The number of carbonyl (C=O) groups is 1. The van der Waals surface area contributed by atoms with Gasteiger partial charge in [-0.25, -0.2) is 0 Å². The molecule has 7 heteroatoms. The minimum atomic E-state index is -0.554. The third-order valence-corrected chi connectivity index (χ3v) is 5.49. The average molecular weight is 379 g/mol. The summed E-state index contributed by atoms with van der Waals surface area (Å²) in [7, 11) is 2.75. The van der Waals surface area contributed by atoms with Crippen molar-refractivity contribution in [2.75, 3.05) is 19.4 Å². The molecule has 1 N–H and O–H groups in total. The van der Waals surface area contributed by atoms with E-state index >= 15 is 0 Å². The van der Waals surface area contributed by atoms with Crippen molar-refractivity contribution in [2.24, 2.45) is 5.41 Å². The van der Waals surface area contributed by atoms with Gasteiger partial charge in [-0.1, -0.05) is 39.1 Å². The molecule has 2 rings (SSSR count). The van der Waals surface area contributed by atoms with Gasteiger partial charge in [0, 0.05) is 37.0 Å². The summed E-state index contributed by atoms with van der Waals surface area (Å²) in [5, 5.41) is 2.98. The molecule has 0 fully saturated rings. The molecule has 138 valence electrons. The van der Waals surface area contributed by atoms with Crippen LogP contribution in [0.1, 0.15) is 25.0 Å². The summed E-state index contributed by atoms with van der Waals surface area (Å²) in [6, 6.07) is 6.07. The van der Waals surface area contributed by atoms with Crippen molar-refractivity contribution in [1.29, 1.82) is 0 Å². The fourth-order valence-electron chi connectivity index (χ4n) is 3.23. The second-order valence-electron chi connectivity index (χ2n) is 7.21. The molecular formula is C18H30N2O3Si2. The molecule has 5 nitrogen and oxygen atoms in total. The van der Waals surface area contributed by atoms with Crippen LogP contribution in [0.4, 0.5) is 5.69 Å². The molecule has 1 aliphatic heterocycles. The lowest BCUT2D eigenvalue weighted by Crippen LogP contribution is -2.37. The number of hydrogen-bond donors (Lipinski definition) is 1. The van der Waals surface area contributed by atoms with Crippen LogP contribution >= 0.6 is 0 Å². The molecule has 1 aromatic rings. The lowest BCUT2D eigenvalue weighted by Gasteiger charge is -2.35. The number of carbonyl (C=O) groups excluding carboxylic acids is 1. The number of nitrogens with one attached hydrogen (secondary N) is 1. The first kappa shape index (κ1) is 19.9. The van der Waals surface area contributed by atoms with Gasteiger partial charge in [-0.15, -0.1) is 0 Å². The number of hydrogen-bond acceptors (Lipinski definition) is 4. The number of fused-ring (bicyclic) bond motifs is 1. The Morgan fingerprint density at radius 3 is 2.44 bits per heavy atom. The first-order valence-electron chi connectivity index (χ1n) is 8.85. The lowest BCUT2D eigenvalue weighted by molar-refractivity contribution is -0.110. The molecule has 1 aromatic carbocycles. The van der Waals surface area contributed by atoms with Gasteiger partial charge in [0.05, 0.1) is 5.57 Å². The number of anilines is 1. The molecule has 1 heterocycles. The fraction of sp³-hybridized carbons (Fsp3) is 0.500. The first-order chi connectivity index (χ1) is 11.8. The Labute approximate surface area is 155 Å². The third-order valence-electron chi connectivity index (χ3n) is 4.22. The van der Waals surface area contributed by atoms with Crippen molar-refractivity contribution in [3.8, 4) is 0 Å². The minimum absolute atomic E-state index is 0.0417. The van der Waals surface area contributed by atoms with E-state index in [1.54, 1.807) is 0 Å². The third kappa shape index (κ3) is 4.60. The maximum atomic E-state index is 12.4. The van der Waals surface area contributed by atoms with Gasteiger partial charge in [-0.05, 0) is 18.1 Å². The van der Waals surface area contributed by atoms with Crippen LogP contribution in [0.5, 0.6) is 0 Å². The van der Waals surface area contributed by atoms with Gasteiger partial charge < -0.3 is 19.1 Å². The monoisotopic (exact) mass is 378 g/mol. The highest BCUT2D eigenvalue weighted by molar-refractivity contribution is 6.31. The smallest absolute Gasteiger partial charge is 0.257 e. The Morgan fingerprint density at radius 1 is 1.24 bits per heavy atom. The van der Waals surface area contributed by atoms with Gasteiger partial charge in [0.15, 0.2) is 19.5 Å². The van der Waals surface area contributed by atoms with Crippen LogP contribution in [0.15, 0.2) is 24.4 Å². The van der Waals surface area contributed by atoms with Crippen LogP contribution in [0.3, 0.4) is 0 Å². The van der Waals surface area contributed by atoms with Crippen LogP contribution in [0.2, 0.25) is 13.1 Å². The van der Waals surface area contributed by atoms with E-state index in [-0.39, 0.29) is 17.6 Å². The van der Waals surface area contributed by atoms with E-state index in [0.717, 1.165) is 28.8 Å². The van der Waals surface area contributed by atoms with Crippen LogP contribution in [0.25, 0.3) is 5.57 Å². The number of benzene rings is 1. The van der Waals surface area contributed by atoms with Gasteiger partial charge in [0.1, 0.15) is 6.29 Å². The zero-order valence-electron chi connectivity index (χ0n) is 16.2. The zero-order valence-corrected chi connectivity index (χ0v) is 19.0. The van der Waals surface area contributed by atoms with Gasteiger partial charge in [0.25, 0.3) is 5.91 Å². The van der Waals surface area contributed by atoms with E-state index < -0.39 is 19.5 Å². The first-order valence-corrected chi connectivity index (χ1v) is 12.8. The van der Waals surface area contributed by atoms with E-state index in [4.69, 9.17) is 8.85 Å². The predicted molar refractivity (Wildman–Crippen MR) is 109 cm³/mol. The summed E-state index contributed by atoms with van der Waals surface area (Å²) in [4.78, 5) is 14.3. The molecule has 0 bridgehead atoms. The quantitative estimate of drug-likeness (QED) is 0.425. The Morgan fingerprint density at radius 2 is 1.88 bits per heavy atom. The summed E-state index contributed by atoms with van der Waals surface area (Å²) < 4.78 is 12.0. The van der Waals surface area contributed by atoms with Gasteiger partial charge in [-0.2, -0.15) is 0 Å². The normalized spacial score (nSPS) is 17.7. The fourth-order valence-corrected chi connectivity index (χ4v) is 5.12. The molecule has 0 saturated carbocycles. The second kappa shape index (κ2) is 8.31. The molecule has 1 aliphatic rings. The second-order valence-corrected chi connectivity index (χ2v) is 9.03. The molecule has 0 aromatic heterocycles. The molecule has 1 amide bonds. The topological polar surface area (TPSA) is 50.8 Å². The molecule has 0 radical (unpaired) electrons. The van der Waals surface area contributed by atoms with Crippen LogP contribution in [-0.2, 0) is 20.1 Å². The molecule has 25 heavy (non-hydrogen) atoms. The number of amides is 1. The van der Waals surface area contributed by atoms with Gasteiger partial charge in [-0.3, -0.25) is 4.79 Å². The van der Waals surface area contributed by atoms with E-state index in [0.29, 0.717) is 0 Å². The summed E-state index contributed by atoms with van der Waals surface area (Å²) >= 11 is 0. The van der Waals surface area contributed by atoms with Crippen molar-refractivity contribution in [3.05, 3.63) is 35.5 Å². The minimum Gasteiger partial charge on any atom is -0.400 e. The predicted octanol–water partition coefficient (Wildman–Crippen LogP) is 1.73. The average Bonchev–Trinajstić information content (AvgIpc) is 2.83. The van der Waals surface area contributed by atoms with Crippen molar-refractivity contribution in [1.82, 2.24) is 4.90 Å². The molecule has 0 spiro atoms. The number of rotatable bonds is 8. The lowest BCUT2D eigenvalue weighted by atomic mass is 9.82. The largest absolute Gasteiger partial charge is 0.400 e. The van der Waals surface area contributed by atoms with Gasteiger partial charge >= 0.3 is 0 Å². The number of nitrogens with zero attached hydrogens (tertiary/aromatic N) is 1. The SMILES string of the molecule is C[SiH2]OC(O[SiH2]C)C(C)(C)Cc1cccc2c1C(=CN(C)C)C(=O)N2. The van der Waals surface area contributed by atoms with Crippen molar-refractivity contribution in [2.45, 2.75) is 39.7 Å². The maximum absolute atomic E-state index is 12.4. The van der Waals surface area contributed by atoms with Crippen molar-refractivity contribution < 1.29 is 13.6 Å². The molecule has 0 unspecified atom stereocenters. The van der Waals surface area contributed by atoms with Gasteiger partial charge in [0.2, 0.25) is 0 Å². The summed E-state index contributed by atoms with van der Waals surface area (Å²) in [5.41, 5.74) is 3.62. The highest BCUT2D eigenvalue weighted by Gasteiger charge is 2.34. The van der Waals surface area contributed by atoms with Crippen LogP contribution < -0.4 is 5.32 Å². The van der Waals surface area contributed by atoms with E-state index in [2.05, 4.69) is 38.3 Å². The van der Waals surface area contributed by atoms with Crippen molar-refractivity contribution >= 4 is 36.7 Å². The maximum Gasteiger partial charge on any atom is 0.257 e. The van der Waals surface area contributed by atoms with Crippen molar-refractivity contribution in [3.63, 3.8) is 0 Å². The summed E-state index contributed by atoms with van der Waals surface area (Å²) in [5.74, 6) is -0.0417. The molecule has 0 atom stereocenters. The Kier molecular flexibility index (Phi) is 6.61. The highest BCUT2D eigenvalue weighted by atomic mass is 28.2. The van der Waals surface area contributed by atoms with E-state index in [9.17, 15) is 4.79 Å². The molecule has 0 aliphatic carbocycles. The van der Waals surface area contributed by atoms with E-state index in [1.807, 2.05) is 37.3 Å². The highest BCUT2D eigenvalue weighted by Crippen LogP contribution is 2.38. The summed E-state index contributed by atoms with van der Waals surface area (Å²) in [6.45, 7) is 8.63. The molecule has 0 saturated heterocycles.